The van der Waals surface area contributed by atoms with Crippen LogP contribution in [0.25, 0.3) is 0 Å². The number of hydrogen-bond donors (Lipinski definition) is 1. The highest BCUT2D eigenvalue weighted by Crippen LogP contribution is 2.27. The molecule has 15 heavy (non-hydrogen) atoms. The first-order valence-electron chi connectivity index (χ1n) is 4.87. The van der Waals surface area contributed by atoms with E-state index < -0.39 is 5.97 Å². The zero-order chi connectivity index (χ0) is 10.8. The number of halogens is 1. The van der Waals surface area contributed by atoms with Crippen LogP contribution in [0.1, 0.15) is 18.4 Å². The van der Waals surface area contributed by atoms with E-state index in [-0.39, 0.29) is 6.04 Å². The summed E-state index contributed by atoms with van der Waals surface area (Å²) in [6.07, 6.45) is 1.70. The van der Waals surface area contributed by atoms with Gasteiger partial charge in [-0.1, -0.05) is 11.6 Å². The second-order valence-corrected chi connectivity index (χ2v) is 5.20. The van der Waals surface area contributed by atoms with E-state index in [2.05, 4.69) is 0 Å². The van der Waals surface area contributed by atoms with Gasteiger partial charge >= 0.3 is 5.97 Å². The van der Waals surface area contributed by atoms with Gasteiger partial charge in [-0.05, 0) is 36.4 Å². The van der Waals surface area contributed by atoms with Gasteiger partial charge < -0.3 is 5.11 Å². The molecule has 1 fully saturated rings. The number of aliphatic carboxylic acids is 1. The Balaban J connectivity index is 2.06. The van der Waals surface area contributed by atoms with E-state index in [4.69, 9.17) is 16.7 Å². The molecule has 0 amide bonds. The van der Waals surface area contributed by atoms with Gasteiger partial charge in [0.1, 0.15) is 6.04 Å². The zero-order valence-corrected chi connectivity index (χ0v) is 9.72. The lowest BCUT2D eigenvalue weighted by molar-refractivity contribution is -0.142. The quantitative estimate of drug-likeness (QED) is 0.889. The molecule has 2 rings (SSSR count). The molecule has 0 aromatic carbocycles. The van der Waals surface area contributed by atoms with Crippen molar-refractivity contribution in [2.24, 2.45) is 0 Å². The SMILES string of the molecule is O=C(O)C1CCCN1Cc1ccsc1Cl. The smallest absolute Gasteiger partial charge is 0.320 e. The average Bonchev–Trinajstić information content (AvgIpc) is 2.77. The van der Waals surface area contributed by atoms with E-state index >= 15 is 0 Å². The normalized spacial score (nSPS) is 22.1. The molecule has 1 atom stereocenters. The Hall–Kier alpha value is -0.580. The van der Waals surface area contributed by atoms with Gasteiger partial charge in [0.05, 0.1) is 4.34 Å². The molecule has 1 unspecified atom stereocenters. The minimum atomic E-state index is -0.723. The largest absolute Gasteiger partial charge is 0.480 e. The molecule has 0 saturated carbocycles. The lowest BCUT2D eigenvalue weighted by Crippen LogP contribution is -2.35. The van der Waals surface area contributed by atoms with E-state index in [1.54, 1.807) is 0 Å². The highest BCUT2D eigenvalue weighted by atomic mass is 35.5. The van der Waals surface area contributed by atoms with Gasteiger partial charge in [0.25, 0.3) is 0 Å². The van der Waals surface area contributed by atoms with Crippen LogP contribution in [0.2, 0.25) is 4.34 Å². The Morgan fingerprint density at radius 3 is 3.13 bits per heavy atom. The minimum absolute atomic E-state index is 0.332. The first-order valence-corrected chi connectivity index (χ1v) is 6.13. The average molecular weight is 246 g/mol. The first kappa shape index (κ1) is 10.9. The molecule has 0 radical (unpaired) electrons. The predicted octanol–water partition coefficient (Wildman–Crippen LogP) is 2.45. The van der Waals surface area contributed by atoms with Gasteiger partial charge in [-0.15, -0.1) is 11.3 Å². The molecule has 0 spiro atoms. The van der Waals surface area contributed by atoms with E-state index in [1.807, 2.05) is 16.3 Å². The fourth-order valence-electron chi connectivity index (χ4n) is 1.95. The summed E-state index contributed by atoms with van der Waals surface area (Å²) >= 11 is 7.48. The maximum Gasteiger partial charge on any atom is 0.320 e. The number of carboxylic acid groups (broad SMARTS) is 1. The third-order valence-electron chi connectivity index (χ3n) is 2.72. The molecule has 0 aliphatic carbocycles. The summed E-state index contributed by atoms with van der Waals surface area (Å²) < 4.78 is 0.769. The number of hydrogen-bond acceptors (Lipinski definition) is 3. The van der Waals surface area contributed by atoms with Crippen LogP contribution in [0.5, 0.6) is 0 Å². The van der Waals surface area contributed by atoms with Crippen LogP contribution < -0.4 is 0 Å². The van der Waals surface area contributed by atoms with Crippen LogP contribution in [0.15, 0.2) is 11.4 Å². The summed E-state index contributed by atoms with van der Waals surface area (Å²) in [6.45, 7) is 1.50. The van der Waals surface area contributed by atoms with Gasteiger partial charge in [-0.25, -0.2) is 0 Å². The summed E-state index contributed by atoms with van der Waals surface area (Å²) in [5, 5.41) is 10.9. The minimum Gasteiger partial charge on any atom is -0.480 e. The predicted molar refractivity (Wildman–Crippen MR) is 60.4 cm³/mol. The summed E-state index contributed by atoms with van der Waals surface area (Å²) in [5.41, 5.74) is 1.04. The number of thiophene rings is 1. The summed E-state index contributed by atoms with van der Waals surface area (Å²) in [4.78, 5) is 12.9. The van der Waals surface area contributed by atoms with E-state index in [1.165, 1.54) is 11.3 Å². The summed E-state index contributed by atoms with van der Waals surface area (Å²) in [7, 11) is 0. The molecule has 1 aromatic heterocycles. The second kappa shape index (κ2) is 4.51. The number of likely N-dealkylation sites (tertiary alicyclic amines) is 1. The van der Waals surface area contributed by atoms with Crippen LogP contribution in [-0.2, 0) is 11.3 Å². The lowest BCUT2D eigenvalue weighted by atomic mass is 10.2. The van der Waals surface area contributed by atoms with Crippen molar-refractivity contribution in [1.82, 2.24) is 4.90 Å². The van der Waals surface area contributed by atoms with Gasteiger partial charge in [0.15, 0.2) is 0 Å². The van der Waals surface area contributed by atoms with Gasteiger partial charge in [0.2, 0.25) is 0 Å². The Morgan fingerprint density at radius 1 is 1.73 bits per heavy atom. The highest BCUT2D eigenvalue weighted by Gasteiger charge is 2.30. The molecule has 1 aliphatic heterocycles. The van der Waals surface area contributed by atoms with Crippen LogP contribution >= 0.6 is 22.9 Å². The standard InChI is InChI=1S/C10H12ClNO2S/c11-9-7(3-5-15-9)6-12-4-1-2-8(12)10(13)14/h3,5,8H,1-2,4,6H2,(H,13,14). The molecular weight excluding hydrogens is 234 g/mol. The third-order valence-corrected chi connectivity index (χ3v) is 3.97. The maximum atomic E-state index is 11.0. The van der Waals surface area contributed by atoms with Crippen LogP contribution in [-0.4, -0.2) is 28.6 Å². The number of carboxylic acids is 1. The molecule has 0 bridgehead atoms. The van der Waals surface area contributed by atoms with Crippen molar-refractivity contribution >= 4 is 28.9 Å². The van der Waals surface area contributed by atoms with Crippen LogP contribution in [0.4, 0.5) is 0 Å². The zero-order valence-electron chi connectivity index (χ0n) is 8.15. The number of rotatable bonds is 3. The Morgan fingerprint density at radius 2 is 2.53 bits per heavy atom. The molecular formula is C10H12ClNO2S. The molecule has 1 aliphatic rings. The molecule has 1 saturated heterocycles. The maximum absolute atomic E-state index is 11.0. The van der Waals surface area contributed by atoms with Crippen molar-refractivity contribution in [2.45, 2.75) is 25.4 Å². The van der Waals surface area contributed by atoms with E-state index in [0.717, 1.165) is 29.3 Å². The molecule has 5 heteroatoms. The number of nitrogens with zero attached hydrogens (tertiary/aromatic N) is 1. The number of carbonyl (C=O) groups is 1. The van der Waals surface area contributed by atoms with E-state index in [9.17, 15) is 4.79 Å². The van der Waals surface area contributed by atoms with Crippen molar-refractivity contribution in [3.8, 4) is 0 Å². The third kappa shape index (κ3) is 2.33. The molecule has 1 aromatic rings. The van der Waals surface area contributed by atoms with Crippen molar-refractivity contribution in [2.75, 3.05) is 6.54 Å². The van der Waals surface area contributed by atoms with Crippen molar-refractivity contribution in [3.63, 3.8) is 0 Å². The lowest BCUT2D eigenvalue weighted by Gasteiger charge is -2.20. The Labute approximate surface area is 97.3 Å². The second-order valence-electron chi connectivity index (χ2n) is 3.69. The Kier molecular flexibility index (Phi) is 3.29. The molecule has 2 heterocycles. The Bertz CT molecular complexity index is 366. The van der Waals surface area contributed by atoms with Crippen molar-refractivity contribution < 1.29 is 9.90 Å². The molecule has 1 N–H and O–H groups in total. The monoisotopic (exact) mass is 245 g/mol. The fourth-order valence-corrected chi connectivity index (χ4v) is 2.86. The van der Waals surface area contributed by atoms with Crippen LogP contribution in [0, 0.1) is 0 Å². The van der Waals surface area contributed by atoms with Gasteiger partial charge in [-0.2, -0.15) is 0 Å². The van der Waals surface area contributed by atoms with Crippen molar-refractivity contribution in [1.29, 1.82) is 0 Å². The highest BCUT2D eigenvalue weighted by molar-refractivity contribution is 7.14. The van der Waals surface area contributed by atoms with Gasteiger partial charge in [-0.3, -0.25) is 9.69 Å². The summed E-state index contributed by atoms with van der Waals surface area (Å²) in [6, 6.07) is 1.63. The van der Waals surface area contributed by atoms with Crippen molar-refractivity contribution in [3.05, 3.63) is 21.3 Å². The molecule has 82 valence electrons. The topological polar surface area (TPSA) is 40.5 Å². The van der Waals surface area contributed by atoms with Crippen LogP contribution in [0.3, 0.4) is 0 Å². The van der Waals surface area contributed by atoms with Gasteiger partial charge in [0, 0.05) is 6.54 Å². The molecule has 3 nitrogen and oxygen atoms in total. The summed E-state index contributed by atoms with van der Waals surface area (Å²) in [5.74, 6) is -0.723. The first-order chi connectivity index (χ1) is 7.18. The van der Waals surface area contributed by atoms with E-state index in [0.29, 0.717) is 6.54 Å². The fraction of sp³-hybridized carbons (Fsp3) is 0.500.